The van der Waals surface area contributed by atoms with E-state index in [2.05, 4.69) is 15.0 Å². The van der Waals surface area contributed by atoms with Crippen LogP contribution in [0.2, 0.25) is 10.6 Å². The Morgan fingerprint density at radius 1 is 0.947 bits per heavy atom. The van der Waals surface area contributed by atoms with E-state index in [0.717, 1.165) is 12.2 Å². The molecule has 0 saturated carbocycles. The van der Waals surface area contributed by atoms with Crippen molar-refractivity contribution in [2.75, 3.05) is 6.61 Å². The summed E-state index contributed by atoms with van der Waals surface area (Å²) in [5.74, 6) is 1.34. The fraction of sp³-hybridized carbons (Fsp3) is 0.250. The second-order valence-electron chi connectivity index (χ2n) is 3.58. The number of hydrogen-bond donors (Lipinski definition) is 0. The third-order valence-electron chi connectivity index (χ3n) is 2.07. The van der Waals surface area contributed by atoms with Gasteiger partial charge in [0.25, 0.3) is 0 Å². The van der Waals surface area contributed by atoms with Gasteiger partial charge in [-0.3, -0.25) is 0 Å². The molecule has 5 nitrogen and oxygen atoms in total. The standard InChI is InChI=1S/C12H11Cl2N3O2/c1-2-7-18-8-3-5-9(6-4-8)19-12-16-10(13)15-11(14)17-12/h3-6H,2,7H2,1H3. The van der Waals surface area contributed by atoms with Crippen molar-refractivity contribution in [2.24, 2.45) is 0 Å². The molecule has 100 valence electrons. The Bertz CT molecular complexity index is 529. The summed E-state index contributed by atoms with van der Waals surface area (Å²) in [5.41, 5.74) is 0. The molecule has 0 spiro atoms. The predicted octanol–water partition coefficient (Wildman–Crippen LogP) is 3.76. The molecule has 0 saturated heterocycles. The van der Waals surface area contributed by atoms with Gasteiger partial charge in [-0.2, -0.15) is 15.0 Å². The van der Waals surface area contributed by atoms with Crippen LogP contribution in [-0.2, 0) is 0 Å². The molecule has 0 atom stereocenters. The van der Waals surface area contributed by atoms with Crippen LogP contribution in [-0.4, -0.2) is 21.6 Å². The summed E-state index contributed by atoms with van der Waals surface area (Å²) in [6, 6.07) is 7.14. The lowest BCUT2D eigenvalue weighted by atomic mass is 10.3. The van der Waals surface area contributed by atoms with Crippen molar-refractivity contribution in [3.05, 3.63) is 34.8 Å². The Balaban J connectivity index is 2.06. The second kappa shape index (κ2) is 6.54. The molecule has 0 radical (unpaired) electrons. The number of rotatable bonds is 5. The minimum atomic E-state index is -0.0158. The van der Waals surface area contributed by atoms with Gasteiger partial charge in [0, 0.05) is 0 Å². The zero-order valence-corrected chi connectivity index (χ0v) is 11.6. The highest BCUT2D eigenvalue weighted by Crippen LogP contribution is 2.22. The van der Waals surface area contributed by atoms with Crippen LogP contribution < -0.4 is 9.47 Å². The Hall–Kier alpha value is -1.59. The molecule has 0 aliphatic heterocycles. The summed E-state index contributed by atoms with van der Waals surface area (Å²) in [7, 11) is 0. The zero-order valence-electron chi connectivity index (χ0n) is 10.1. The van der Waals surface area contributed by atoms with Gasteiger partial charge >= 0.3 is 6.01 Å². The van der Waals surface area contributed by atoms with Gasteiger partial charge in [0.2, 0.25) is 10.6 Å². The Morgan fingerprint density at radius 2 is 1.53 bits per heavy atom. The van der Waals surface area contributed by atoms with E-state index in [1.807, 2.05) is 6.92 Å². The largest absolute Gasteiger partial charge is 0.494 e. The van der Waals surface area contributed by atoms with Crippen molar-refractivity contribution in [1.29, 1.82) is 0 Å². The van der Waals surface area contributed by atoms with E-state index in [-0.39, 0.29) is 16.6 Å². The molecule has 0 bridgehead atoms. The summed E-state index contributed by atoms with van der Waals surface area (Å²) in [4.78, 5) is 11.2. The molecule has 0 aliphatic rings. The third kappa shape index (κ3) is 4.22. The highest BCUT2D eigenvalue weighted by Gasteiger charge is 2.05. The highest BCUT2D eigenvalue weighted by molar-refractivity contribution is 6.31. The first kappa shape index (κ1) is 13.8. The van der Waals surface area contributed by atoms with E-state index in [0.29, 0.717) is 12.4 Å². The second-order valence-corrected chi connectivity index (χ2v) is 4.25. The summed E-state index contributed by atoms with van der Waals surface area (Å²) >= 11 is 11.3. The minimum Gasteiger partial charge on any atom is -0.494 e. The van der Waals surface area contributed by atoms with Gasteiger partial charge in [0.05, 0.1) is 6.61 Å². The lowest BCUT2D eigenvalue weighted by Crippen LogP contribution is -1.96. The summed E-state index contributed by atoms with van der Waals surface area (Å²) in [6.07, 6.45) is 0.958. The van der Waals surface area contributed by atoms with Crippen LogP contribution in [0, 0.1) is 0 Å². The Morgan fingerprint density at radius 3 is 2.11 bits per heavy atom. The zero-order chi connectivity index (χ0) is 13.7. The smallest absolute Gasteiger partial charge is 0.327 e. The van der Waals surface area contributed by atoms with Crippen LogP contribution in [0.4, 0.5) is 0 Å². The van der Waals surface area contributed by atoms with Gasteiger partial charge in [-0.25, -0.2) is 0 Å². The topological polar surface area (TPSA) is 57.1 Å². The van der Waals surface area contributed by atoms with Crippen molar-refractivity contribution in [2.45, 2.75) is 13.3 Å². The first-order valence-electron chi connectivity index (χ1n) is 5.65. The quantitative estimate of drug-likeness (QED) is 0.841. The number of nitrogens with zero attached hydrogens (tertiary/aromatic N) is 3. The van der Waals surface area contributed by atoms with Crippen molar-refractivity contribution in [3.8, 4) is 17.5 Å². The highest BCUT2D eigenvalue weighted by atomic mass is 35.5. The number of halogens is 2. The van der Waals surface area contributed by atoms with Gasteiger partial charge < -0.3 is 9.47 Å². The SMILES string of the molecule is CCCOc1ccc(Oc2nc(Cl)nc(Cl)n2)cc1. The van der Waals surface area contributed by atoms with Gasteiger partial charge in [0.15, 0.2) is 0 Å². The van der Waals surface area contributed by atoms with Crippen molar-refractivity contribution in [1.82, 2.24) is 15.0 Å². The molecular formula is C12H11Cl2N3O2. The monoisotopic (exact) mass is 299 g/mol. The maximum Gasteiger partial charge on any atom is 0.327 e. The molecule has 1 heterocycles. The molecule has 0 unspecified atom stereocenters. The normalized spacial score (nSPS) is 10.3. The number of ether oxygens (including phenoxy) is 2. The summed E-state index contributed by atoms with van der Waals surface area (Å²) < 4.78 is 10.9. The van der Waals surface area contributed by atoms with Crippen LogP contribution >= 0.6 is 23.2 Å². The van der Waals surface area contributed by atoms with Gasteiger partial charge in [-0.15, -0.1) is 0 Å². The minimum absolute atomic E-state index is 0.0158. The number of benzene rings is 1. The molecule has 19 heavy (non-hydrogen) atoms. The van der Waals surface area contributed by atoms with Gasteiger partial charge in [0.1, 0.15) is 11.5 Å². The van der Waals surface area contributed by atoms with Crippen molar-refractivity contribution >= 4 is 23.2 Å². The Labute approximate surface area is 120 Å². The fourth-order valence-corrected chi connectivity index (χ4v) is 1.63. The fourth-order valence-electron chi connectivity index (χ4n) is 1.28. The third-order valence-corrected chi connectivity index (χ3v) is 2.40. The van der Waals surface area contributed by atoms with Crippen LogP contribution in [0.5, 0.6) is 17.5 Å². The average molecular weight is 300 g/mol. The molecule has 0 fully saturated rings. The molecule has 2 rings (SSSR count). The summed E-state index contributed by atoms with van der Waals surface area (Å²) in [5, 5.41) is -0.0317. The predicted molar refractivity (Wildman–Crippen MR) is 72.1 cm³/mol. The molecule has 7 heteroatoms. The van der Waals surface area contributed by atoms with Crippen molar-refractivity contribution < 1.29 is 9.47 Å². The van der Waals surface area contributed by atoms with Crippen LogP contribution in [0.1, 0.15) is 13.3 Å². The van der Waals surface area contributed by atoms with Crippen molar-refractivity contribution in [3.63, 3.8) is 0 Å². The molecule has 0 aliphatic carbocycles. The van der Waals surface area contributed by atoms with E-state index < -0.39 is 0 Å². The number of hydrogen-bond acceptors (Lipinski definition) is 5. The lowest BCUT2D eigenvalue weighted by molar-refractivity contribution is 0.317. The first-order valence-corrected chi connectivity index (χ1v) is 6.41. The average Bonchev–Trinajstić information content (AvgIpc) is 2.37. The molecule has 1 aromatic heterocycles. The van der Waals surface area contributed by atoms with Gasteiger partial charge in [-0.05, 0) is 53.9 Å². The van der Waals surface area contributed by atoms with E-state index in [9.17, 15) is 0 Å². The van der Waals surface area contributed by atoms with E-state index in [1.165, 1.54) is 0 Å². The molecule has 1 aromatic carbocycles. The Kier molecular flexibility index (Phi) is 4.76. The molecular weight excluding hydrogens is 289 g/mol. The number of aromatic nitrogens is 3. The lowest BCUT2D eigenvalue weighted by Gasteiger charge is -2.06. The maximum absolute atomic E-state index is 5.65. The van der Waals surface area contributed by atoms with Crippen LogP contribution in [0.3, 0.4) is 0 Å². The van der Waals surface area contributed by atoms with E-state index in [4.69, 9.17) is 32.7 Å². The summed E-state index contributed by atoms with van der Waals surface area (Å²) in [6.45, 7) is 2.73. The molecule has 2 aromatic rings. The van der Waals surface area contributed by atoms with Crippen LogP contribution in [0.25, 0.3) is 0 Å². The molecule has 0 N–H and O–H groups in total. The first-order chi connectivity index (χ1) is 9.17. The van der Waals surface area contributed by atoms with E-state index >= 15 is 0 Å². The molecule has 0 amide bonds. The van der Waals surface area contributed by atoms with Gasteiger partial charge in [-0.1, -0.05) is 6.92 Å². The van der Waals surface area contributed by atoms with Crippen LogP contribution in [0.15, 0.2) is 24.3 Å². The van der Waals surface area contributed by atoms with E-state index in [1.54, 1.807) is 24.3 Å². The maximum atomic E-state index is 5.65.